The highest BCUT2D eigenvalue weighted by Gasteiger charge is 2.15. The normalized spacial score (nSPS) is 16.5. The minimum atomic E-state index is -0.354. The van der Waals surface area contributed by atoms with E-state index < -0.39 is 0 Å². The van der Waals surface area contributed by atoms with E-state index in [0.717, 1.165) is 32.7 Å². The summed E-state index contributed by atoms with van der Waals surface area (Å²) in [5, 5.41) is 15.3. The molecule has 150 valence electrons. The van der Waals surface area contributed by atoms with Crippen LogP contribution in [-0.2, 0) is 16.0 Å². The maximum Gasteiger partial charge on any atom is 0.191 e. The molecule has 0 aromatic heterocycles. The van der Waals surface area contributed by atoms with Crippen LogP contribution < -0.4 is 10.6 Å². The number of nitriles is 1. The van der Waals surface area contributed by atoms with E-state index in [-0.39, 0.29) is 36.3 Å². The van der Waals surface area contributed by atoms with E-state index in [1.54, 1.807) is 0 Å². The molecule has 1 atom stereocenters. The van der Waals surface area contributed by atoms with E-state index in [1.807, 2.05) is 13.0 Å². The van der Waals surface area contributed by atoms with Crippen LogP contribution in [0.1, 0.15) is 30.9 Å². The highest BCUT2D eigenvalue weighted by Crippen LogP contribution is 2.12. The molecule has 1 saturated heterocycles. The van der Waals surface area contributed by atoms with Gasteiger partial charge in [0.15, 0.2) is 5.96 Å². The maximum atomic E-state index is 13.8. The quantitative estimate of drug-likeness (QED) is 0.241. The Kier molecular flexibility index (Phi) is 12.0. The van der Waals surface area contributed by atoms with Gasteiger partial charge in [-0.25, -0.2) is 9.38 Å². The zero-order chi connectivity index (χ0) is 18.6. The lowest BCUT2D eigenvalue weighted by Gasteiger charge is -2.12. The second-order valence-corrected chi connectivity index (χ2v) is 6.20. The van der Waals surface area contributed by atoms with Crippen molar-refractivity contribution in [3.05, 3.63) is 35.1 Å². The number of ether oxygens (including phenoxy) is 2. The third-order valence-electron chi connectivity index (χ3n) is 4.06. The summed E-state index contributed by atoms with van der Waals surface area (Å²) in [5.41, 5.74) is 0.836. The number of nitrogens with one attached hydrogen (secondary N) is 2. The topological polar surface area (TPSA) is 78.7 Å². The fourth-order valence-corrected chi connectivity index (χ4v) is 2.62. The fraction of sp³-hybridized carbons (Fsp3) is 0.579. The van der Waals surface area contributed by atoms with E-state index >= 15 is 0 Å². The van der Waals surface area contributed by atoms with E-state index in [1.165, 1.54) is 18.2 Å². The number of rotatable bonds is 9. The first-order chi connectivity index (χ1) is 12.7. The zero-order valence-electron chi connectivity index (χ0n) is 15.7. The van der Waals surface area contributed by atoms with Crippen LogP contribution in [0, 0.1) is 23.1 Å². The van der Waals surface area contributed by atoms with Gasteiger partial charge in [0.25, 0.3) is 0 Å². The van der Waals surface area contributed by atoms with Crippen molar-refractivity contribution in [3.8, 4) is 6.07 Å². The molecule has 8 heteroatoms. The van der Waals surface area contributed by atoms with E-state index in [2.05, 4.69) is 15.6 Å². The Bertz CT molecular complexity index is 631. The Balaban J connectivity index is 0.00000364. The molecule has 1 aromatic carbocycles. The first kappa shape index (κ1) is 23.6. The first-order valence-electron chi connectivity index (χ1n) is 9.09. The minimum Gasteiger partial charge on any atom is -0.381 e. The van der Waals surface area contributed by atoms with Gasteiger partial charge in [-0.15, -0.1) is 24.0 Å². The maximum absolute atomic E-state index is 13.8. The van der Waals surface area contributed by atoms with Crippen LogP contribution in [0.25, 0.3) is 0 Å². The Morgan fingerprint density at radius 1 is 1.44 bits per heavy atom. The molecular weight excluding hydrogens is 462 g/mol. The van der Waals surface area contributed by atoms with Gasteiger partial charge in [-0.05, 0) is 38.0 Å². The molecule has 0 saturated carbocycles. The number of halogens is 2. The Morgan fingerprint density at radius 3 is 3.00 bits per heavy atom. The van der Waals surface area contributed by atoms with E-state index in [9.17, 15) is 4.39 Å². The summed E-state index contributed by atoms with van der Waals surface area (Å²) in [4.78, 5) is 4.39. The smallest absolute Gasteiger partial charge is 0.191 e. The molecule has 0 spiro atoms. The molecular formula is C19H28FIN4O2. The van der Waals surface area contributed by atoms with Crippen molar-refractivity contribution >= 4 is 29.9 Å². The molecule has 1 aliphatic heterocycles. The Morgan fingerprint density at radius 2 is 2.30 bits per heavy atom. The van der Waals surface area contributed by atoms with Gasteiger partial charge in [0.05, 0.1) is 31.4 Å². The van der Waals surface area contributed by atoms with Crippen molar-refractivity contribution < 1.29 is 13.9 Å². The zero-order valence-corrected chi connectivity index (χ0v) is 18.0. The van der Waals surface area contributed by atoms with Crippen LogP contribution in [0.2, 0.25) is 0 Å². The summed E-state index contributed by atoms with van der Waals surface area (Å²) in [7, 11) is 0. The summed E-state index contributed by atoms with van der Waals surface area (Å²) >= 11 is 0. The second kappa shape index (κ2) is 13.7. The predicted octanol–water partition coefficient (Wildman–Crippen LogP) is 2.81. The molecule has 2 rings (SSSR count). The van der Waals surface area contributed by atoms with Crippen molar-refractivity contribution in [1.29, 1.82) is 5.26 Å². The minimum absolute atomic E-state index is 0. The standard InChI is InChI=1S/C19H27FN4O2.HI/c1-2-22-19(23-7-3-8-25-13-16-6-9-26-14-16)24-12-17-10-15(11-21)4-5-18(17)20;/h4-5,10,16H,2-3,6-9,12-14H2,1H3,(H2,22,23,24);1H. The highest BCUT2D eigenvalue weighted by atomic mass is 127. The summed E-state index contributed by atoms with van der Waals surface area (Å²) in [6, 6.07) is 6.31. The molecule has 0 radical (unpaired) electrons. The summed E-state index contributed by atoms with van der Waals surface area (Å²) in [5.74, 6) is 0.798. The third-order valence-corrected chi connectivity index (χ3v) is 4.06. The Labute approximate surface area is 177 Å². The number of hydrogen-bond donors (Lipinski definition) is 2. The van der Waals surface area contributed by atoms with Crippen molar-refractivity contribution in [3.63, 3.8) is 0 Å². The third kappa shape index (κ3) is 8.86. The molecule has 1 aromatic rings. The van der Waals surface area contributed by atoms with Gasteiger partial charge in [0, 0.05) is 37.8 Å². The van der Waals surface area contributed by atoms with Crippen LogP contribution in [0.5, 0.6) is 0 Å². The number of aliphatic imine (C=N–C) groups is 1. The van der Waals surface area contributed by atoms with Crippen LogP contribution >= 0.6 is 24.0 Å². The molecule has 2 N–H and O–H groups in total. The Hall–Kier alpha value is -1.44. The van der Waals surface area contributed by atoms with Gasteiger partial charge >= 0.3 is 0 Å². The average molecular weight is 490 g/mol. The van der Waals surface area contributed by atoms with Gasteiger partial charge in [0.2, 0.25) is 0 Å². The van der Waals surface area contributed by atoms with Crippen molar-refractivity contribution in [2.75, 3.05) is 39.5 Å². The number of hydrogen-bond acceptors (Lipinski definition) is 4. The molecule has 6 nitrogen and oxygen atoms in total. The largest absolute Gasteiger partial charge is 0.381 e. The fourth-order valence-electron chi connectivity index (χ4n) is 2.62. The van der Waals surface area contributed by atoms with Crippen molar-refractivity contribution in [1.82, 2.24) is 10.6 Å². The SMILES string of the molecule is CCNC(=NCc1cc(C#N)ccc1F)NCCCOCC1CCOC1.I. The van der Waals surface area contributed by atoms with Crippen LogP contribution in [-0.4, -0.2) is 45.5 Å². The van der Waals surface area contributed by atoms with Gasteiger partial charge in [0.1, 0.15) is 5.82 Å². The summed E-state index contributed by atoms with van der Waals surface area (Å²) in [6.45, 7) is 6.66. The number of benzene rings is 1. The van der Waals surface area contributed by atoms with Crippen molar-refractivity contribution in [2.45, 2.75) is 26.3 Å². The van der Waals surface area contributed by atoms with E-state index in [0.29, 0.717) is 42.7 Å². The van der Waals surface area contributed by atoms with Gasteiger partial charge in [-0.2, -0.15) is 5.26 Å². The molecule has 1 unspecified atom stereocenters. The van der Waals surface area contributed by atoms with Gasteiger partial charge < -0.3 is 20.1 Å². The average Bonchev–Trinajstić information content (AvgIpc) is 3.17. The van der Waals surface area contributed by atoms with Gasteiger partial charge in [-0.1, -0.05) is 0 Å². The van der Waals surface area contributed by atoms with Crippen molar-refractivity contribution in [2.24, 2.45) is 10.9 Å². The van der Waals surface area contributed by atoms with Crippen LogP contribution in [0.4, 0.5) is 4.39 Å². The molecule has 1 aliphatic rings. The number of guanidine groups is 1. The lowest BCUT2D eigenvalue weighted by Crippen LogP contribution is -2.38. The molecule has 1 heterocycles. The summed E-state index contributed by atoms with van der Waals surface area (Å²) < 4.78 is 24.8. The van der Waals surface area contributed by atoms with E-state index in [4.69, 9.17) is 14.7 Å². The van der Waals surface area contributed by atoms with Crippen LogP contribution in [0.15, 0.2) is 23.2 Å². The predicted molar refractivity (Wildman–Crippen MR) is 114 cm³/mol. The first-order valence-corrected chi connectivity index (χ1v) is 9.09. The lowest BCUT2D eigenvalue weighted by atomic mass is 10.1. The molecule has 0 aliphatic carbocycles. The molecule has 0 bridgehead atoms. The highest BCUT2D eigenvalue weighted by molar-refractivity contribution is 14.0. The second-order valence-electron chi connectivity index (χ2n) is 6.20. The molecule has 0 amide bonds. The number of nitrogens with zero attached hydrogens (tertiary/aromatic N) is 2. The monoisotopic (exact) mass is 490 g/mol. The van der Waals surface area contributed by atoms with Crippen LogP contribution in [0.3, 0.4) is 0 Å². The molecule has 27 heavy (non-hydrogen) atoms. The lowest BCUT2D eigenvalue weighted by molar-refractivity contribution is 0.0888. The van der Waals surface area contributed by atoms with Gasteiger partial charge in [-0.3, -0.25) is 0 Å². The molecule has 1 fully saturated rings. The summed E-state index contributed by atoms with van der Waals surface area (Å²) in [6.07, 6.45) is 1.94.